The molecule has 0 saturated heterocycles. The van der Waals surface area contributed by atoms with Gasteiger partial charge in [0.1, 0.15) is 11.4 Å². The molecule has 4 nitrogen and oxygen atoms in total. The first-order valence-electron chi connectivity index (χ1n) is 3.74. The molecule has 76 valence electrons. The summed E-state index contributed by atoms with van der Waals surface area (Å²) in [5.41, 5.74) is -0.647. The molecule has 0 saturated carbocycles. The van der Waals surface area contributed by atoms with Crippen molar-refractivity contribution in [3.05, 3.63) is 18.0 Å². The predicted octanol–water partition coefficient (Wildman–Crippen LogP) is -0.292. The average molecular weight is 203 g/mol. The Morgan fingerprint density at radius 3 is 2.57 bits per heavy atom. The molecule has 0 amide bonds. The molecular formula is C7H8BF2NO3. The van der Waals surface area contributed by atoms with Crippen molar-refractivity contribution in [3.63, 3.8) is 0 Å². The Morgan fingerprint density at radius 1 is 1.50 bits per heavy atom. The third-order valence-electron chi connectivity index (χ3n) is 1.64. The number of hydrogen-bond donors (Lipinski definition) is 2. The highest BCUT2D eigenvalue weighted by molar-refractivity contribution is 6.59. The molecule has 0 bridgehead atoms. The molecule has 7 heteroatoms. The van der Waals surface area contributed by atoms with Crippen LogP contribution in [0.1, 0.15) is 12.1 Å². The van der Waals surface area contributed by atoms with E-state index in [4.69, 9.17) is 14.8 Å². The summed E-state index contributed by atoms with van der Waals surface area (Å²) in [6.07, 6.45) is -1.73. The van der Waals surface area contributed by atoms with Gasteiger partial charge in [0.05, 0.1) is 13.3 Å². The van der Waals surface area contributed by atoms with E-state index in [1.54, 1.807) is 0 Å². The van der Waals surface area contributed by atoms with Crippen molar-refractivity contribution >= 4 is 12.6 Å². The molecule has 2 N–H and O–H groups in total. The van der Waals surface area contributed by atoms with E-state index in [1.165, 1.54) is 7.11 Å². The largest absolute Gasteiger partial charge is 0.496 e. The van der Waals surface area contributed by atoms with Gasteiger partial charge in [0.15, 0.2) is 0 Å². The molecule has 1 aromatic heterocycles. The second-order valence-electron chi connectivity index (χ2n) is 2.53. The molecule has 0 aromatic carbocycles. The van der Waals surface area contributed by atoms with Gasteiger partial charge in [-0.25, -0.2) is 8.78 Å². The smallest absolute Gasteiger partial charge is 0.492 e. The summed E-state index contributed by atoms with van der Waals surface area (Å²) in [6, 6.07) is 0.897. The summed E-state index contributed by atoms with van der Waals surface area (Å²) in [5.74, 6) is 0.0596. The molecular weight excluding hydrogens is 195 g/mol. The molecule has 1 aromatic rings. The van der Waals surface area contributed by atoms with Crippen LogP contribution in [0, 0.1) is 0 Å². The third-order valence-corrected chi connectivity index (χ3v) is 1.64. The second kappa shape index (κ2) is 4.34. The number of hydrogen-bond acceptors (Lipinski definition) is 4. The van der Waals surface area contributed by atoms with Crippen LogP contribution in [0.2, 0.25) is 0 Å². The minimum absolute atomic E-state index is 0.0596. The van der Waals surface area contributed by atoms with Crippen LogP contribution in [0.25, 0.3) is 0 Å². The summed E-state index contributed by atoms with van der Waals surface area (Å²) in [4.78, 5) is 3.39. The van der Waals surface area contributed by atoms with Crippen LogP contribution in [0.15, 0.2) is 12.3 Å². The number of nitrogens with zero attached hydrogens (tertiary/aromatic N) is 1. The number of alkyl halides is 2. The van der Waals surface area contributed by atoms with E-state index in [-0.39, 0.29) is 11.2 Å². The molecule has 0 spiro atoms. The van der Waals surface area contributed by atoms with E-state index < -0.39 is 19.2 Å². The monoisotopic (exact) mass is 203 g/mol. The fourth-order valence-corrected chi connectivity index (χ4v) is 0.967. The number of aromatic nitrogens is 1. The molecule has 0 unspecified atom stereocenters. The first-order valence-corrected chi connectivity index (χ1v) is 3.74. The number of pyridine rings is 1. The quantitative estimate of drug-likeness (QED) is 0.662. The fourth-order valence-electron chi connectivity index (χ4n) is 0.967. The molecule has 0 fully saturated rings. The lowest BCUT2D eigenvalue weighted by Crippen LogP contribution is -2.32. The first-order chi connectivity index (χ1) is 6.56. The van der Waals surface area contributed by atoms with E-state index in [2.05, 4.69) is 4.98 Å². The van der Waals surface area contributed by atoms with Gasteiger partial charge in [0, 0.05) is 5.46 Å². The maximum absolute atomic E-state index is 12.2. The average Bonchev–Trinajstić information content (AvgIpc) is 2.16. The number of methoxy groups -OCH3 is 1. The SMILES string of the molecule is COc1cnc(C(F)F)cc1B(O)O. The van der Waals surface area contributed by atoms with Crippen molar-refractivity contribution < 1.29 is 23.6 Å². The van der Waals surface area contributed by atoms with Gasteiger partial charge in [0.25, 0.3) is 6.43 Å². The topological polar surface area (TPSA) is 62.6 Å². The van der Waals surface area contributed by atoms with Crippen molar-refractivity contribution in [1.29, 1.82) is 0 Å². The zero-order chi connectivity index (χ0) is 10.7. The summed E-state index contributed by atoms with van der Waals surface area (Å²) in [5, 5.41) is 17.7. The number of halogens is 2. The van der Waals surface area contributed by atoms with E-state index in [9.17, 15) is 8.78 Å². The van der Waals surface area contributed by atoms with Crippen molar-refractivity contribution in [3.8, 4) is 5.75 Å². The summed E-state index contributed by atoms with van der Waals surface area (Å²) in [6.45, 7) is 0. The van der Waals surface area contributed by atoms with Gasteiger partial charge < -0.3 is 14.8 Å². The van der Waals surface area contributed by atoms with Gasteiger partial charge in [0.2, 0.25) is 0 Å². The Kier molecular flexibility index (Phi) is 3.37. The van der Waals surface area contributed by atoms with Crippen LogP contribution in [0.5, 0.6) is 5.75 Å². The number of ether oxygens (including phenoxy) is 1. The van der Waals surface area contributed by atoms with E-state index in [0.717, 1.165) is 12.3 Å². The van der Waals surface area contributed by atoms with Crippen molar-refractivity contribution in [1.82, 2.24) is 4.98 Å². The standard InChI is InChI=1S/C7H8BF2NO3/c1-14-6-3-11-5(7(9)10)2-4(6)8(12)13/h2-3,7,12-13H,1H3. The van der Waals surface area contributed by atoms with E-state index >= 15 is 0 Å². The van der Waals surface area contributed by atoms with Crippen LogP contribution >= 0.6 is 0 Å². The van der Waals surface area contributed by atoms with Crippen molar-refractivity contribution in [2.45, 2.75) is 6.43 Å². The minimum atomic E-state index is -2.75. The normalized spacial score (nSPS) is 10.4. The maximum Gasteiger partial charge on any atom is 0.492 e. The summed E-state index contributed by atoms with van der Waals surface area (Å²) < 4.78 is 29.1. The van der Waals surface area contributed by atoms with Gasteiger partial charge in [-0.3, -0.25) is 4.98 Å². The van der Waals surface area contributed by atoms with Crippen molar-refractivity contribution in [2.24, 2.45) is 0 Å². The predicted molar refractivity (Wildman–Crippen MR) is 45.6 cm³/mol. The van der Waals surface area contributed by atoms with Crippen LogP contribution in [0.3, 0.4) is 0 Å². The zero-order valence-electron chi connectivity index (χ0n) is 7.32. The highest BCUT2D eigenvalue weighted by Crippen LogP contribution is 2.17. The Bertz CT molecular complexity index is 322. The van der Waals surface area contributed by atoms with Crippen LogP contribution in [0.4, 0.5) is 8.78 Å². The van der Waals surface area contributed by atoms with Gasteiger partial charge in [-0.1, -0.05) is 0 Å². The molecule has 14 heavy (non-hydrogen) atoms. The lowest BCUT2D eigenvalue weighted by molar-refractivity contribution is 0.146. The summed E-state index contributed by atoms with van der Waals surface area (Å²) in [7, 11) is -0.573. The van der Waals surface area contributed by atoms with Crippen LogP contribution in [-0.4, -0.2) is 29.3 Å². The number of rotatable bonds is 3. The Hall–Kier alpha value is -1.21. The van der Waals surface area contributed by atoms with E-state index in [1.807, 2.05) is 0 Å². The molecule has 0 radical (unpaired) electrons. The van der Waals surface area contributed by atoms with Crippen LogP contribution < -0.4 is 10.2 Å². The summed E-state index contributed by atoms with van der Waals surface area (Å²) >= 11 is 0. The minimum Gasteiger partial charge on any atom is -0.496 e. The zero-order valence-corrected chi connectivity index (χ0v) is 7.32. The lowest BCUT2D eigenvalue weighted by Gasteiger charge is -2.08. The molecule has 0 aliphatic carbocycles. The second-order valence-corrected chi connectivity index (χ2v) is 2.53. The van der Waals surface area contributed by atoms with Crippen LogP contribution in [-0.2, 0) is 0 Å². The highest BCUT2D eigenvalue weighted by Gasteiger charge is 2.20. The van der Waals surface area contributed by atoms with Crippen molar-refractivity contribution in [2.75, 3.05) is 7.11 Å². The third kappa shape index (κ3) is 2.18. The first kappa shape index (κ1) is 10.9. The molecule has 0 aliphatic rings. The fraction of sp³-hybridized carbons (Fsp3) is 0.286. The van der Waals surface area contributed by atoms with E-state index in [0.29, 0.717) is 0 Å². The Morgan fingerprint density at radius 2 is 2.14 bits per heavy atom. The van der Waals surface area contributed by atoms with Gasteiger partial charge >= 0.3 is 7.12 Å². The van der Waals surface area contributed by atoms with Gasteiger partial charge in [-0.2, -0.15) is 0 Å². The van der Waals surface area contributed by atoms with Gasteiger partial charge in [-0.05, 0) is 6.07 Å². The Balaban J connectivity index is 3.14. The maximum atomic E-state index is 12.2. The van der Waals surface area contributed by atoms with Gasteiger partial charge in [-0.15, -0.1) is 0 Å². The molecule has 1 heterocycles. The lowest BCUT2D eigenvalue weighted by atomic mass is 9.80. The molecule has 1 rings (SSSR count). The highest BCUT2D eigenvalue weighted by atomic mass is 19.3. The molecule has 0 aliphatic heterocycles. The molecule has 0 atom stereocenters. The Labute approximate surface area is 79.3 Å².